The van der Waals surface area contributed by atoms with E-state index in [4.69, 9.17) is 4.42 Å². The molecule has 3 nitrogen and oxygen atoms in total. The molecule has 1 rings (SSSR count). The van der Waals surface area contributed by atoms with E-state index in [1.165, 1.54) is 25.7 Å². The van der Waals surface area contributed by atoms with Crippen LogP contribution in [0.3, 0.4) is 0 Å². The van der Waals surface area contributed by atoms with Crippen LogP contribution in [0.4, 0.5) is 0 Å². The molecule has 0 aliphatic rings. The van der Waals surface area contributed by atoms with Gasteiger partial charge in [0.15, 0.2) is 0 Å². The van der Waals surface area contributed by atoms with E-state index in [9.17, 15) is 4.79 Å². The number of aryl methyl sites for hydroxylation is 1. The molecule has 0 saturated carbocycles. The van der Waals surface area contributed by atoms with Crippen molar-refractivity contribution in [2.75, 3.05) is 0 Å². The van der Waals surface area contributed by atoms with Gasteiger partial charge in [-0.15, -0.1) is 0 Å². The SMILES string of the molecule is CCCCCCCc1nsc(=O)o1. The van der Waals surface area contributed by atoms with Crippen molar-refractivity contribution in [1.29, 1.82) is 0 Å². The van der Waals surface area contributed by atoms with Crippen LogP contribution < -0.4 is 4.94 Å². The van der Waals surface area contributed by atoms with Crippen LogP contribution in [-0.4, -0.2) is 4.37 Å². The summed E-state index contributed by atoms with van der Waals surface area (Å²) >= 11 is 0.900. The van der Waals surface area contributed by atoms with E-state index in [-0.39, 0.29) is 4.94 Å². The summed E-state index contributed by atoms with van der Waals surface area (Å²) in [5, 5.41) is 0. The Balaban J connectivity index is 2.09. The standard InChI is InChI=1S/C9H15NO2S/c1-2-3-4-5-6-7-8-10-13-9(11)12-8/h2-7H2,1H3. The maximum Gasteiger partial charge on any atom is 0.414 e. The Morgan fingerprint density at radius 2 is 2.08 bits per heavy atom. The maximum atomic E-state index is 10.6. The Hall–Kier alpha value is -0.640. The zero-order valence-electron chi connectivity index (χ0n) is 7.91. The van der Waals surface area contributed by atoms with E-state index in [0.717, 1.165) is 24.4 Å². The van der Waals surface area contributed by atoms with Crippen molar-refractivity contribution in [1.82, 2.24) is 4.37 Å². The second-order valence-corrected chi connectivity index (χ2v) is 3.79. The average molecular weight is 201 g/mol. The lowest BCUT2D eigenvalue weighted by Gasteiger charge is -1.95. The van der Waals surface area contributed by atoms with Crippen LogP contribution >= 0.6 is 11.5 Å². The second-order valence-electron chi connectivity index (χ2n) is 3.09. The Morgan fingerprint density at radius 1 is 1.31 bits per heavy atom. The fourth-order valence-electron chi connectivity index (χ4n) is 1.20. The summed E-state index contributed by atoms with van der Waals surface area (Å²) in [4.78, 5) is 10.3. The molecule has 0 radical (unpaired) electrons. The molecule has 1 heterocycles. The van der Waals surface area contributed by atoms with Crippen molar-refractivity contribution < 1.29 is 4.42 Å². The first-order valence-corrected chi connectivity index (χ1v) is 5.56. The fraction of sp³-hybridized carbons (Fsp3) is 0.778. The van der Waals surface area contributed by atoms with E-state index in [2.05, 4.69) is 11.3 Å². The predicted molar refractivity (Wildman–Crippen MR) is 53.1 cm³/mol. The van der Waals surface area contributed by atoms with E-state index in [0.29, 0.717) is 5.89 Å². The molecule has 0 amide bonds. The predicted octanol–water partition coefficient (Wildman–Crippen LogP) is 2.61. The van der Waals surface area contributed by atoms with E-state index in [1.54, 1.807) is 0 Å². The Morgan fingerprint density at radius 3 is 2.69 bits per heavy atom. The van der Waals surface area contributed by atoms with Crippen molar-refractivity contribution in [2.24, 2.45) is 0 Å². The Kier molecular flexibility index (Phi) is 4.75. The summed E-state index contributed by atoms with van der Waals surface area (Å²) in [5.41, 5.74) is 0. The van der Waals surface area contributed by atoms with Crippen molar-refractivity contribution in [2.45, 2.75) is 45.4 Å². The van der Waals surface area contributed by atoms with Gasteiger partial charge in [0.1, 0.15) is 0 Å². The molecule has 0 unspecified atom stereocenters. The minimum absolute atomic E-state index is 0.288. The van der Waals surface area contributed by atoms with Gasteiger partial charge in [0.05, 0.1) is 0 Å². The third-order valence-corrected chi connectivity index (χ3v) is 2.44. The highest BCUT2D eigenvalue weighted by Gasteiger charge is 2.00. The highest BCUT2D eigenvalue weighted by molar-refractivity contribution is 7.02. The van der Waals surface area contributed by atoms with Crippen molar-refractivity contribution in [3.05, 3.63) is 15.6 Å². The summed E-state index contributed by atoms with van der Waals surface area (Å²) in [5.74, 6) is 0.603. The largest absolute Gasteiger partial charge is 0.414 e. The van der Waals surface area contributed by atoms with Gasteiger partial charge in [-0.3, -0.25) is 0 Å². The lowest BCUT2D eigenvalue weighted by atomic mass is 10.1. The molecule has 4 heteroatoms. The quantitative estimate of drug-likeness (QED) is 0.664. The molecule has 0 saturated heterocycles. The summed E-state index contributed by atoms with van der Waals surface area (Å²) in [6.45, 7) is 2.19. The van der Waals surface area contributed by atoms with Crippen LogP contribution in [0.1, 0.15) is 44.9 Å². The van der Waals surface area contributed by atoms with E-state index < -0.39 is 0 Å². The lowest BCUT2D eigenvalue weighted by Crippen LogP contribution is -1.87. The van der Waals surface area contributed by atoms with Crippen LogP contribution in [0.2, 0.25) is 0 Å². The number of hydrogen-bond donors (Lipinski definition) is 0. The van der Waals surface area contributed by atoms with Gasteiger partial charge in [0.2, 0.25) is 5.89 Å². The number of unbranched alkanes of at least 4 members (excludes halogenated alkanes) is 4. The molecule has 13 heavy (non-hydrogen) atoms. The topological polar surface area (TPSA) is 43.1 Å². The van der Waals surface area contributed by atoms with Crippen LogP contribution in [0.5, 0.6) is 0 Å². The van der Waals surface area contributed by atoms with Crippen LogP contribution in [0.15, 0.2) is 9.21 Å². The van der Waals surface area contributed by atoms with Crippen LogP contribution in [-0.2, 0) is 6.42 Å². The fourth-order valence-corrected chi connectivity index (χ4v) is 1.64. The van der Waals surface area contributed by atoms with Gasteiger partial charge in [-0.05, 0) is 6.42 Å². The molecule has 0 N–H and O–H groups in total. The van der Waals surface area contributed by atoms with Crippen molar-refractivity contribution in [3.63, 3.8) is 0 Å². The molecule has 0 atom stereocenters. The maximum absolute atomic E-state index is 10.6. The van der Waals surface area contributed by atoms with E-state index >= 15 is 0 Å². The number of hydrogen-bond acceptors (Lipinski definition) is 4. The molecule has 0 bridgehead atoms. The summed E-state index contributed by atoms with van der Waals surface area (Å²) in [7, 11) is 0. The van der Waals surface area contributed by atoms with Gasteiger partial charge in [-0.2, -0.15) is 4.37 Å². The molecule has 74 valence electrons. The molecule has 0 aliphatic heterocycles. The number of nitrogens with zero attached hydrogens (tertiary/aromatic N) is 1. The Labute approximate surface area is 82.0 Å². The first-order valence-electron chi connectivity index (χ1n) is 4.78. The van der Waals surface area contributed by atoms with Gasteiger partial charge >= 0.3 is 4.94 Å². The number of rotatable bonds is 6. The summed E-state index contributed by atoms with van der Waals surface area (Å²) < 4.78 is 8.74. The highest BCUT2D eigenvalue weighted by atomic mass is 32.1. The molecule has 0 aliphatic carbocycles. The zero-order valence-corrected chi connectivity index (χ0v) is 8.73. The Bertz CT molecular complexity index is 279. The van der Waals surface area contributed by atoms with Gasteiger partial charge in [-0.1, -0.05) is 32.6 Å². The first-order chi connectivity index (χ1) is 6.33. The second kappa shape index (κ2) is 5.91. The molecular formula is C9H15NO2S. The van der Waals surface area contributed by atoms with Crippen LogP contribution in [0, 0.1) is 0 Å². The molecule has 1 aromatic heterocycles. The molecular weight excluding hydrogens is 186 g/mol. The van der Waals surface area contributed by atoms with E-state index in [1.807, 2.05) is 0 Å². The van der Waals surface area contributed by atoms with Gasteiger partial charge in [-0.25, -0.2) is 4.79 Å². The van der Waals surface area contributed by atoms with Crippen LogP contribution in [0.25, 0.3) is 0 Å². The van der Waals surface area contributed by atoms with Gasteiger partial charge in [0, 0.05) is 18.0 Å². The smallest absolute Gasteiger partial charge is 0.399 e. The first kappa shape index (κ1) is 10.4. The minimum Gasteiger partial charge on any atom is -0.399 e. The van der Waals surface area contributed by atoms with Gasteiger partial charge < -0.3 is 4.42 Å². The minimum atomic E-state index is -0.288. The summed E-state index contributed by atoms with van der Waals surface area (Å²) in [6, 6.07) is 0. The third-order valence-electron chi connectivity index (χ3n) is 1.92. The third kappa shape index (κ3) is 4.22. The lowest BCUT2D eigenvalue weighted by molar-refractivity contribution is 0.456. The normalized spacial score (nSPS) is 10.5. The van der Waals surface area contributed by atoms with Gasteiger partial charge in [0.25, 0.3) is 0 Å². The molecule has 0 spiro atoms. The molecule has 0 aromatic carbocycles. The highest BCUT2D eigenvalue weighted by Crippen LogP contribution is 2.06. The summed E-state index contributed by atoms with van der Waals surface area (Å²) in [6.07, 6.45) is 6.90. The van der Waals surface area contributed by atoms with Crippen molar-refractivity contribution >= 4 is 11.5 Å². The molecule has 0 fully saturated rings. The van der Waals surface area contributed by atoms with Crippen molar-refractivity contribution in [3.8, 4) is 0 Å². The molecule has 1 aromatic rings. The zero-order chi connectivity index (χ0) is 9.52. The number of aromatic nitrogens is 1. The monoisotopic (exact) mass is 201 g/mol. The average Bonchev–Trinajstić information content (AvgIpc) is 2.51.